The third kappa shape index (κ3) is 11.4. The molecule has 1 saturated heterocycles. The van der Waals surface area contributed by atoms with Crippen molar-refractivity contribution in [1.29, 1.82) is 0 Å². The largest absolute Gasteiger partial charge is 0.490 e. The van der Waals surface area contributed by atoms with Gasteiger partial charge in [0.1, 0.15) is 40.6 Å². The van der Waals surface area contributed by atoms with Crippen molar-refractivity contribution >= 4 is 57.7 Å². The van der Waals surface area contributed by atoms with Crippen LogP contribution in [0.4, 0.5) is 4.39 Å². The summed E-state index contributed by atoms with van der Waals surface area (Å²) in [4.78, 5) is 60.0. The molecular formula is C57H64ClFN8O5S2. The fourth-order valence-corrected chi connectivity index (χ4v) is 12.4. The molecule has 5 atom stereocenters. The summed E-state index contributed by atoms with van der Waals surface area (Å²) in [7, 11) is 0. The third-order valence-electron chi connectivity index (χ3n) is 14.4. The number of aliphatic imine (C=N–C) groups is 1. The first-order chi connectivity index (χ1) is 35.2. The van der Waals surface area contributed by atoms with E-state index in [0.717, 1.165) is 60.6 Å². The van der Waals surface area contributed by atoms with Crippen molar-refractivity contribution in [3.05, 3.63) is 151 Å². The number of thiazole rings is 1. The summed E-state index contributed by atoms with van der Waals surface area (Å²) >= 11 is 9.58. The highest BCUT2D eigenvalue weighted by atomic mass is 35.5. The molecule has 13 nitrogen and oxygen atoms in total. The predicted molar refractivity (Wildman–Crippen MR) is 291 cm³/mol. The Balaban J connectivity index is 0.779. The van der Waals surface area contributed by atoms with Crippen molar-refractivity contribution in [3.8, 4) is 21.2 Å². The van der Waals surface area contributed by atoms with Gasteiger partial charge in [0.25, 0.3) is 0 Å². The van der Waals surface area contributed by atoms with E-state index in [1.165, 1.54) is 17.0 Å². The summed E-state index contributed by atoms with van der Waals surface area (Å²) in [5.74, 6) is -0.152. The number of amides is 3. The number of aliphatic hydroxyl groups is 1. The maximum atomic E-state index is 15.1. The second-order valence-corrected chi connectivity index (χ2v) is 23.5. The van der Waals surface area contributed by atoms with Crippen LogP contribution < -0.4 is 20.7 Å². The number of carbonyl (C=O) groups excluding carboxylic acids is 3. The number of rotatable bonds is 16. The summed E-state index contributed by atoms with van der Waals surface area (Å²) in [6.45, 7) is 20.3. The Bertz CT molecular complexity index is 3120. The number of nitrogens with one attached hydrogen (secondary N) is 3. The smallest absolute Gasteiger partial charge is 0.246 e. The van der Waals surface area contributed by atoms with Gasteiger partial charge in [-0.2, -0.15) is 0 Å². The molecule has 388 valence electrons. The minimum Gasteiger partial charge on any atom is -0.490 e. The predicted octanol–water partition coefficient (Wildman–Crippen LogP) is 10.4. The number of imidazole rings is 1. The van der Waals surface area contributed by atoms with Gasteiger partial charge in [0, 0.05) is 77.1 Å². The molecule has 1 aliphatic carbocycles. The minimum atomic E-state index is -0.906. The Labute approximate surface area is 445 Å². The van der Waals surface area contributed by atoms with E-state index in [-0.39, 0.29) is 61.7 Å². The lowest BCUT2D eigenvalue weighted by atomic mass is 9.85. The molecule has 0 radical (unpaired) electrons. The molecule has 3 aromatic carbocycles. The minimum absolute atomic E-state index is 0.000460. The average Bonchev–Trinajstić information content (AvgIpc) is 4.11. The molecule has 5 heterocycles. The van der Waals surface area contributed by atoms with E-state index in [4.69, 9.17) is 21.3 Å². The van der Waals surface area contributed by atoms with E-state index < -0.39 is 35.5 Å². The van der Waals surface area contributed by atoms with E-state index in [1.54, 1.807) is 33.6 Å². The van der Waals surface area contributed by atoms with Crippen LogP contribution in [0.5, 0.6) is 5.75 Å². The molecule has 3 amide bonds. The van der Waals surface area contributed by atoms with E-state index in [2.05, 4.69) is 75.2 Å². The number of hydrogen-bond acceptors (Lipinski definition) is 11. The molecule has 4 N–H and O–H groups in total. The molecule has 3 aromatic heterocycles. The zero-order valence-corrected chi connectivity index (χ0v) is 45.5. The molecule has 6 aromatic rings. The lowest BCUT2D eigenvalue weighted by Crippen LogP contribution is -2.56. The fourth-order valence-electron chi connectivity index (χ4n) is 10.2. The highest BCUT2D eigenvalue weighted by Gasteiger charge is 2.43. The summed E-state index contributed by atoms with van der Waals surface area (Å²) in [6, 6.07) is 18.2. The second kappa shape index (κ2) is 21.6. The number of hydrogen-bond donors (Lipinski definition) is 4. The van der Waals surface area contributed by atoms with Gasteiger partial charge in [-0.15, -0.1) is 22.7 Å². The van der Waals surface area contributed by atoms with Gasteiger partial charge in [-0.25, -0.2) is 14.4 Å². The number of likely N-dealkylation sites (tertiary alicyclic amines) is 1. The van der Waals surface area contributed by atoms with Crippen LogP contribution in [0.25, 0.3) is 15.4 Å². The molecular weight excluding hydrogens is 995 g/mol. The van der Waals surface area contributed by atoms with Gasteiger partial charge in [0.05, 0.1) is 52.3 Å². The molecule has 0 bridgehead atoms. The second-order valence-electron chi connectivity index (χ2n) is 21.0. The number of ether oxygens (including phenoxy) is 1. The highest BCUT2D eigenvalue weighted by molar-refractivity contribution is 7.15. The van der Waals surface area contributed by atoms with Gasteiger partial charge >= 0.3 is 0 Å². The van der Waals surface area contributed by atoms with Crippen molar-refractivity contribution in [3.63, 3.8) is 0 Å². The Morgan fingerprint density at radius 1 is 0.959 bits per heavy atom. The van der Waals surface area contributed by atoms with Crippen molar-refractivity contribution < 1.29 is 28.6 Å². The summed E-state index contributed by atoms with van der Waals surface area (Å²) in [5, 5.41) is 22.1. The van der Waals surface area contributed by atoms with Crippen LogP contribution in [0.2, 0.25) is 5.02 Å². The maximum absolute atomic E-state index is 15.1. The Morgan fingerprint density at radius 3 is 2.36 bits per heavy atom. The van der Waals surface area contributed by atoms with Crippen LogP contribution in [0.1, 0.15) is 122 Å². The van der Waals surface area contributed by atoms with Crippen molar-refractivity contribution in [2.24, 2.45) is 10.4 Å². The van der Waals surface area contributed by atoms with Gasteiger partial charge in [0.15, 0.2) is 0 Å². The van der Waals surface area contributed by atoms with Gasteiger partial charge < -0.3 is 30.7 Å². The van der Waals surface area contributed by atoms with Crippen LogP contribution in [-0.2, 0) is 20.8 Å². The molecule has 1 unspecified atom stereocenters. The molecule has 1 saturated carbocycles. The van der Waals surface area contributed by atoms with Crippen LogP contribution in [-0.4, -0.2) is 84.9 Å². The number of benzene rings is 3. The van der Waals surface area contributed by atoms with E-state index in [1.807, 2.05) is 77.5 Å². The maximum Gasteiger partial charge on any atom is 0.246 e. The number of carbonyl (C=O) groups is 3. The topological polar surface area (TPSA) is 163 Å². The third-order valence-corrected chi connectivity index (χ3v) is 16.9. The van der Waals surface area contributed by atoms with Gasteiger partial charge in [-0.05, 0) is 93.0 Å². The Morgan fingerprint density at radius 2 is 1.68 bits per heavy atom. The fraction of sp³-hybridized carbons (Fsp3) is 0.404. The first-order valence-corrected chi connectivity index (χ1v) is 27.3. The normalized spacial score (nSPS) is 20.1. The number of thiophene rings is 1. The first-order valence-electron chi connectivity index (χ1n) is 25.2. The van der Waals surface area contributed by atoms with Crippen LogP contribution >= 0.6 is 34.3 Å². The molecule has 17 heteroatoms. The monoisotopic (exact) mass is 1060 g/mol. The van der Waals surface area contributed by atoms with Crippen molar-refractivity contribution in [2.45, 2.75) is 136 Å². The van der Waals surface area contributed by atoms with Gasteiger partial charge in [-0.3, -0.25) is 23.9 Å². The summed E-state index contributed by atoms with van der Waals surface area (Å²) < 4.78 is 23.4. The van der Waals surface area contributed by atoms with E-state index in [0.29, 0.717) is 41.3 Å². The highest BCUT2D eigenvalue weighted by Crippen LogP contribution is 2.41. The Hall–Kier alpha value is -6.20. The van der Waals surface area contributed by atoms with Crippen LogP contribution in [0.3, 0.4) is 0 Å². The quantitative estimate of drug-likeness (QED) is 0.0745. The molecule has 2 fully saturated rings. The van der Waals surface area contributed by atoms with Crippen LogP contribution in [0.15, 0.2) is 95.7 Å². The average molecular weight is 1060 g/mol. The summed E-state index contributed by atoms with van der Waals surface area (Å²) in [6.07, 6.45) is 2.52. The SMILES string of the molecule is C=C(N[C@@H](C)c1ccc(-c2scnc2C)cc1)[C@@H]1C[C@@H](O)CN1C(=O)[C@@H](NC(=O)CCc1cc(F)cc(O[C@H]2C[C@H](NC(=O)CC3N=C(c4ccc(Cl)cc4)c4c(sc(C)c4C)-n4c3cnc4C)C2)c1)C(C)(C)C. The number of aliphatic hydroxyl groups excluding tert-OH is 1. The molecule has 2 aliphatic heterocycles. The van der Waals surface area contributed by atoms with E-state index >= 15 is 4.39 Å². The lowest BCUT2D eigenvalue weighted by molar-refractivity contribution is -0.140. The molecule has 9 rings (SSSR count). The zero-order chi connectivity index (χ0) is 52.7. The lowest BCUT2D eigenvalue weighted by Gasteiger charge is -2.36. The Kier molecular flexibility index (Phi) is 15.3. The van der Waals surface area contributed by atoms with Crippen molar-refractivity contribution in [2.75, 3.05) is 6.54 Å². The molecule has 3 aliphatic rings. The summed E-state index contributed by atoms with van der Waals surface area (Å²) in [5.41, 5.74) is 10.2. The number of aromatic nitrogens is 3. The number of aryl methyl sites for hydroxylation is 4. The van der Waals surface area contributed by atoms with Crippen molar-refractivity contribution in [1.82, 2.24) is 35.4 Å². The molecule has 74 heavy (non-hydrogen) atoms. The van der Waals surface area contributed by atoms with Crippen LogP contribution in [0, 0.1) is 38.9 Å². The van der Waals surface area contributed by atoms with E-state index in [9.17, 15) is 19.5 Å². The standard InChI is InChI=1S/C57H64ClFN8O5S2/c1-30-34(5)74-56-51(30)52(38-15-17-40(58)18-16-38)64-46(48-27-60-35(6)67(48)56)26-50(70)63-42-23-45(24-42)72-44-21-36(20-41(59)22-44)10-19-49(69)65-54(57(7,8)9)55(71)66-28-43(68)25-47(66)32(3)62-31(2)37-11-13-39(14-12-37)53-33(4)61-29-73-53/h11-18,20-22,27,29,31,42-43,45-47,54,62,68H,3,10,19,23-26,28H2,1-2,4-9H3,(H,63,70)(H,65,69)/t31-,42-,43+,45-,46?,47-,54+/m0/s1. The first kappa shape index (κ1) is 52.7. The number of β-amino-alcohol motifs (C(OH)–C–C–N with tert-alkyl or cyclic N) is 1. The number of halogens is 2. The number of nitrogens with zero attached hydrogens (tertiary/aromatic N) is 5. The molecule has 0 spiro atoms. The zero-order valence-electron chi connectivity index (χ0n) is 43.1. The number of fused-ring (bicyclic) bond motifs is 3. The van der Waals surface area contributed by atoms with Gasteiger partial charge in [0.2, 0.25) is 17.7 Å². The van der Waals surface area contributed by atoms with Gasteiger partial charge in [-0.1, -0.05) is 75.3 Å².